The van der Waals surface area contributed by atoms with E-state index in [2.05, 4.69) is 11.9 Å². The second-order valence-corrected chi connectivity index (χ2v) is 7.36. The van der Waals surface area contributed by atoms with Crippen LogP contribution in [0.4, 0.5) is 18.9 Å². The fourth-order valence-electron chi connectivity index (χ4n) is 2.90. The molecule has 1 aromatic carbocycles. The summed E-state index contributed by atoms with van der Waals surface area (Å²) >= 11 is 6.12. The minimum atomic E-state index is -4.58. The monoisotopic (exact) mass is 419 g/mol. The van der Waals surface area contributed by atoms with Gasteiger partial charge in [-0.15, -0.1) is 6.58 Å². The third-order valence-electron chi connectivity index (χ3n) is 4.68. The molecule has 1 rings (SSSR count). The Morgan fingerprint density at radius 1 is 1.29 bits per heavy atom. The number of allylic oxidation sites excluding steroid dienone is 1. The number of carbonyl (C=O) groups is 2. The maximum Gasteiger partial charge on any atom is 0.395 e. The number of anilines is 1. The zero-order valence-corrected chi connectivity index (χ0v) is 17.0. The SMILES string of the molecule is C=C[C@H]([C@@H](C)C(=O)Nc1cc(C(CC(=O)OC)C(C)C)ccc1Cl)C(F)(F)F. The summed E-state index contributed by atoms with van der Waals surface area (Å²) in [5.74, 6) is -4.68. The first-order valence-corrected chi connectivity index (χ1v) is 9.16. The van der Waals surface area contributed by atoms with E-state index in [0.29, 0.717) is 6.08 Å². The van der Waals surface area contributed by atoms with Gasteiger partial charge in [0.25, 0.3) is 0 Å². The van der Waals surface area contributed by atoms with Crippen molar-refractivity contribution in [1.29, 1.82) is 0 Å². The van der Waals surface area contributed by atoms with E-state index in [9.17, 15) is 22.8 Å². The summed E-state index contributed by atoms with van der Waals surface area (Å²) < 4.78 is 43.8. The van der Waals surface area contributed by atoms with Crippen LogP contribution in [0.2, 0.25) is 5.02 Å². The summed E-state index contributed by atoms with van der Waals surface area (Å²) in [5.41, 5.74) is 0.917. The molecule has 0 radical (unpaired) electrons. The summed E-state index contributed by atoms with van der Waals surface area (Å²) in [4.78, 5) is 24.0. The van der Waals surface area contributed by atoms with Crippen molar-refractivity contribution in [2.75, 3.05) is 12.4 Å². The third kappa shape index (κ3) is 6.26. The zero-order valence-electron chi connectivity index (χ0n) is 16.3. The first-order chi connectivity index (χ1) is 12.9. The average Bonchev–Trinajstić information content (AvgIpc) is 2.60. The smallest absolute Gasteiger partial charge is 0.395 e. The van der Waals surface area contributed by atoms with E-state index in [0.717, 1.165) is 5.56 Å². The predicted molar refractivity (Wildman–Crippen MR) is 103 cm³/mol. The first kappa shape index (κ1) is 24.0. The average molecular weight is 420 g/mol. The van der Waals surface area contributed by atoms with Crippen molar-refractivity contribution in [2.45, 2.75) is 39.3 Å². The molecule has 0 spiro atoms. The number of rotatable bonds is 8. The molecule has 0 saturated heterocycles. The summed E-state index contributed by atoms with van der Waals surface area (Å²) in [6.07, 6.45) is -3.73. The van der Waals surface area contributed by atoms with Gasteiger partial charge in [-0.25, -0.2) is 0 Å². The molecule has 1 N–H and O–H groups in total. The lowest BCUT2D eigenvalue weighted by molar-refractivity contribution is -0.175. The third-order valence-corrected chi connectivity index (χ3v) is 5.01. The second-order valence-electron chi connectivity index (χ2n) is 6.95. The van der Waals surface area contributed by atoms with E-state index in [1.807, 2.05) is 13.8 Å². The van der Waals surface area contributed by atoms with Gasteiger partial charge in [-0.05, 0) is 29.5 Å². The van der Waals surface area contributed by atoms with Crippen LogP contribution in [-0.4, -0.2) is 25.2 Å². The number of ether oxygens (including phenoxy) is 1. The molecular formula is C20H25ClF3NO3. The molecule has 1 unspecified atom stereocenters. The molecule has 1 amide bonds. The van der Waals surface area contributed by atoms with Gasteiger partial charge >= 0.3 is 12.1 Å². The fraction of sp³-hybridized carbons (Fsp3) is 0.500. The van der Waals surface area contributed by atoms with Gasteiger partial charge in [0, 0.05) is 0 Å². The van der Waals surface area contributed by atoms with Gasteiger partial charge in [-0.3, -0.25) is 9.59 Å². The molecule has 4 nitrogen and oxygen atoms in total. The van der Waals surface area contributed by atoms with Crippen LogP contribution in [0.5, 0.6) is 0 Å². The molecule has 0 fully saturated rings. The number of hydrogen-bond donors (Lipinski definition) is 1. The number of hydrogen-bond acceptors (Lipinski definition) is 3. The van der Waals surface area contributed by atoms with Crippen LogP contribution in [0.3, 0.4) is 0 Å². The van der Waals surface area contributed by atoms with Gasteiger partial charge < -0.3 is 10.1 Å². The van der Waals surface area contributed by atoms with E-state index in [1.54, 1.807) is 18.2 Å². The summed E-state index contributed by atoms with van der Waals surface area (Å²) in [6, 6.07) is 4.84. The summed E-state index contributed by atoms with van der Waals surface area (Å²) in [5, 5.41) is 2.65. The minimum Gasteiger partial charge on any atom is -0.469 e. The Bertz CT molecular complexity index is 719. The van der Waals surface area contributed by atoms with Gasteiger partial charge in [0.2, 0.25) is 5.91 Å². The molecule has 0 aliphatic rings. The molecule has 1 aromatic rings. The highest BCUT2D eigenvalue weighted by Gasteiger charge is 2.43. The van der Waals surface area contributed by atoms with Gasteiger partial charge in [0.1, 0.15) is 0 Å². The minimum absolute atomic E-state index is 0.0816. The lowest BCUT2D eigenvalue weighted by Gasteiger charge is -2.24. The van der Waals surface area contributed by atoms with Crippen molar-refractivity contribution in [3.05, 3.63) is 41.4 Å². The molecular weight excluding hydrogens is 395 g/mol. The van der Waals surface area contributed by atoms with Gasteiger partial charge in [-0.2, -0.15) is 13.2 Å². The van der Waals surface area contributed by atoms with E-state index in [-0.39, 0.29) is 34.9 Å². The van der Waals surface area contributed by atoms with Crippen LogP contribution < -0.4 is 5.32 Å². The molecule has 3 atom stereocenters. The molecule has 0 aromatic heterocycles. The molecule has 0 saturated carbocycles. The molecule has 156 valence electrons. The Kier molecular flexibility index (Phi) is 8.54. The van der Waals surface area contributed by atoms with E-state index in [1.165, 1.54) is 14.0 Å². The number of methoxy groups -OCH3 is 1. The van der Waals surface area contributed by atoms with Crippen molar-refractivity contribution in [3.8, 4) is 0 Å². The van der Waals surface area contributed by atoms with E-state index >= 15 is 0 Å². The van der Waals surface area contributed by atoms with Gasteiger partial charge in [-0.1, -0.05) is 44.5 Å². The Morgan fingerprint density at radius 3 is 2.36 bits per heavy atom. The largest absolute Gasteiger partial charge is 0.469 e. The van der Waals surface area contributed by atoms with Gasteiger partial charge in [0.05, 0.1) is 36.1 Å². The summed E-state index contributed by atoms with van der Waals surface area (Å²) in [6.45, 7) is 8.22. The molecule has 0 bridgehead atoms. The van der Waals surface area contributed by atoms with Crippen LogP contribution >= 0.6 is 11.6 Å². The molecule has 28 heavy (non-hydrogen) atoms. The normalized spacial score (nSPS) is 14.9. The van der Waals surface area contributed by atoms with Crippen molar-refractivity contribution in [2.24, 2.45) is 17.8 Å². The van der Waals surface area contributed by atoms with Crippen LogP contribution in [0.1, 0.15) is 38.7 Å². The van der Waals surface area contributed by atoms with Crippen LogP contribution in [0.25, 0.3) is 0 Å². The van der Waals surface area contributed by atoms with Gasteiger partial charge in [0.15, 0.2) is 0 Å². The predicted octanol–water partition coefficient (Wildman–Crippen LogP) is 5.58. The number of carbonyl (C=O) groups excluding carboxylic acids is 2. The lowest BCUT2D eigenvalue weighted by Crippen LogP contribution is -2.34. The lowest BCUT2D eigenvalue weighted by atomic mass is 9.85. The Morgan fingerprint density at radius 2 is 1.89 bits per heavy atom. The number of halogens is 4. The highest BCUT2D eigenvalue weighted by molar-refractivity contribution is 6.33. The quantitative estimate of drug-likeness (QED) is 0.442. The number of benzene rings is 1. The summed E-state index contributed by atoms with van der Waals surface area (Å²) in [7, 11) is 1.30. The van der Waals surface area contributed by atoms with E-state index in [4.69, 9.17) is 16.3 Å². The Balaban J connectivity index is 3.12. The van der Waals surface area contributed by atoms with Crippen LogP contribution in [-0.2, 0) is 14.3 Å². The zero-order chi connectivity index (χ0) is 21.6. The second kappa shape index (κ2) is 9.96. The molecule has 0 aliphatic heterocycles. The number of alkyl halides is 3. The maximum absolute atomic E-state index is 13.0. The highest BCUT2D eigenvalue weighted by Crippen LogP contribution is 2.36. The first-order valence-electron chi connectivity index (χ1n) is 8.78. The standard InChI is InChI=1S/C20H25ClF3NO3/c1-6-15(20(22,23)24)12(4)19(27)25-17-9-13(7-8-16(17)21)14(11(2)3)10-18(26)28-5/h6-9,11-12,14-15H,1,10H2,2-5H3,(H,25,27)/t12-,14?,15-/m1/s1. The van der Waals surface area contributed by atoms with Crippen LogP contribution in [0.15, 0.2) is 30.9 Å². The number of esters is 1. The van der Waals surface area contributed by atoms with Crippen molar-refractivity contribution >= 4 is 29.2 Å². The Hall–Kier alpha value is -2.02. The fourth-order valence-corrected chi connectivity index (χ4v) is 3.07. The van der Waals surface area contributed by atoms with Crippen molar-refractivity contribution in [3.63, 3.8) is 0 Å². The number of nitrogens with one attached hydrogen (secondary N) is 1. The molecule has 0 aliphatic carbocycles. The number of amides is 1. The van der Waals surface area contributed by atoms with Crippen molar-refractivity contribution < 1.29 is 27.5 Å². The highest BCUT2D eigenvalue weighted by atomic mass is 35.5. The van der Waals surface area contributed by atoms with E-state index < -0.39 is 23.9 Å². The molecule has 8 heteroatoms. The molecule has 0 heterocycles. The van der Waals surface area contributed by atoms with Crippen molar-refractivity contribution in [1.82, 2.24) is 0 Å². The maximum atomic E-state index is 13.0. The topological polar surface area (TPSA) is 55.4 Å². The van der Waals surface area contributed by atoms with Crippen LogP contribution in [0, 0.1) is 17.8 Å². The Labute approximate surface area is 168 Å².